The number of para-hydroxylation sites is 1. The van der Waals surface area contributed by atoms with Crippen LogP contribution >= 0.6 is 46.6 Å². The number of thiazole rings is 1. The van der Waals surface area contributed by atoms with E-state index in [1.165, 1.54) is 4.70 Å². The second-order valence-electron chi connectivity index (χ2n) is 7.72. The van der Waals surface area contributed by atoms with Crippen molar-refractivity contribution < 1.29 is 4.79 Å². The van der Waals surface area contributed by atoms with E-state index in [0.29, 0.717) is 16.9 Å². The fraction of sp³-hybridized carbons (Fsp3) is 0.435. The van der Waals surface area contributed by atoms with Crippen LogP contribution in [0.15, 0.2) is 44.6 Å². The van der Waals surface area contributed by atoms with E-state index >= 15 is 0 Å². The predicted molar refractivity (Wildman–Crippen MR) is 139 cm³/mol. The van der Waals surface area contributed by atoms with Gasteiger partial charge in [-0.2, -0.15) is 0 Å². The van der Waals surface area contributed by atoms with Crippen molar-refractivity contribution in [2.75, 3.05) is 11.1 Å². The molecule has 0 spiro atoms. The maximum Gasteiger partial charge on any atom is 0.224 e. The van der Waals surface area contributed by atoms with Gasteiger partial charge < -0.3 is 5.32 Å². The Morgan fingerprint density at radius 3 is 2.55 bits per heavy atom. The second kappa shape index (κ2) is 11.6. The number of hydrogen-bond donors (Lipinski definition) is 1. The molecule has 0 bridgehead atoms. The highest BCUT2D eigenvalue weighted by Gasteiger charge is 2.17. The fourth-order valence-electron chi connectivity index (χ4n) is 2.89. The van der Waals surface area contributed by atoms with Crippen LogP contribution in [0.1, 0.15) is 46.2 Å². The standard InChI is InChI=1S/C23H29N3OS4/c1-14(2)29-19-13-16(5)24-22(30-15(3)4)21(19)26-20(27)11-8-12-28-23-25-17-9-6-7-10-18(17)31-23/h6-7,9-10,13-15H,8,11-12H2,1-5H3,(H,26,27). The van der Waals surface area contributed by atoms with Crippen molar-refractivity contribution in [3.8, 4) is 0 Å². The minimum atomic E-state index is 0.0479. The van der Waals surface area contributed by atoms with Gasteiger partial charge in [0.05, 0.1) is 15.9 Å². The largest absolute Gasteiger partial charge is 0.323 e. The topological polar surface area (TPSA) is 54.9 Å². The highest BCUT2D eigenvalue weighted by Crippen LogP contribution is 2.38. The predicted octanol–water partition coefficient (Wildman–Crippen LogP) is 7.51. The van der Waals surface area contributed by atoms with Crippen molar-refractivity contribution in [1.82, 2.24) is 9.97 Å². The second-order valence-corrected chi connectivity index (χ2v) is 13.3. The zero-order valence-corrected chi connectivity index (χ0v) is 21.9. The minimum Gasteiger partial charge on any atom is -0.323 e. The first-order valence-corrected chi connectivity index (χ1v) is 14.0. The molecule has 1 N–H and O–H groups in total. The lowest BCUT2D eigenvalue weighted by Crippen LogP contribution is -2.14. The summed E-state index contributed by atoms with van der Waals surface area (Å²) in [5.74, 6) is 0.924. The number of amides is 1. The third-order valence-corrected chi connectivity index (χ3v) is 8.40. The molecule has 0 aliphatic heterocycles. The SMILES string of the molecule is Cc1cc(SC(C)C)c(NC(=O)CCCSc2nc3ccccc3s2)c(SC(C)C)n1. The van der Waals surface area contributed by atoms with Gasteiger partial charge in [0.2, 0.25) is 5.91 Å². The highest BCUT2D eigenvalue weighted by molar-refractivity contribution is 8.01. The number of aryl methyl sites for hydroxylation is 1. The van der Waals surface area contributed by atoms with Gasteiger partial charge in [-0.05, 0) is 31.5 Å². The number of carbonyl (C=O) groups is 1. The molecule has 0 fully saturated rings. The molecule has 1 amide bonds. The summed E-state index contributed by atoms with van der Waals surface area (Å²) in [5.41, 5.74) is 2.90. The maximum absolute atomic E-state index is 12.7. The molecule has 3 rings (SSSR count). The minimum absolute atomic E-state index is 0.0479. The van der Waals surface area contributed by atoms with Crippen LogP contribution in [0.4, 0.5) is 5.69 Å². The van der Waals surface area contributed by atoms with Crippen molar-refractivity contribution in [2.24, 2.45) is 0 Å². The van der Waals surface area contributed by atoms with Crippen molar-refractivity contribution >= 4 is 68.4 Å². The monoisotopic (exact) mass is 491 g/mol. The van der Waals surface area contributed by atoms with Gasteiger partial charge in [-0.25, -0.2) is 9.97 Å². The number of rotatable bonds is 10. The molecule has 0 atom stereocenters. The molecule has 8 heteroatoms. The van der Waals surface area contributed by atoms with Gasteiger partial charge in [0.1, 0.15) is 5.03 Å². The summed E-state index contributed by atoms with van der Waals surface area (Å²) in [5, 5.41) is 4.91. The summed E-state index contributed by atoms with van der Waals surface area (Å²) in [4.78, 5) is 23.2. The van der Waals surface area contributed by atoms with Gasteiger partial charge in [-0.3, -0.25) is 4.79 Å². The molecule has 1 aromatic carbocycles. The number of carbonyl (C=O) groups excluding carboxylic acids is 1. The Morgan fingerprint density at radius 1 is 1.10 bits per heavy atom. The number of thioether (sulfide) groups is 3. The summed E-state index contributed by atoms with van der Waals surface area (Å²) in [6, 6.07) is 10.3. The first kappa shape index (κ1) is 24.4. The molecule has 31 heavy (non-hydrogen) atoms. The number of fused-ring (bicyclic) bond motifs is 1. The Morgan fingerprint density at radius 2 is 1.84 bits per heavy atom. The Bertz CT molecular complexity index is 969. The fourth-order valence-corrected chi connectivity index (χ4v) is 6.97. The van der Waals surface area contributed by atoms with Gasteiger partial charge >= 0.3 is 0 Å². The highest BCUT2D eigenvalue weighted by atomic mass is 32.2. The lowest BCUT2D eigenvalue weighted by Gasteiger charge is -2.18. The zero-order chi connectivity index (χ0) is 22.4. The Hall–Kier alpha value is -1.22. The van der Waals surface area contributed by atoms with Gasteiger partial charge in [-0.1, -0.05) is 51.6 Å². The summed E-state index contributed by atoms with van der Waals surface area (Å²) < 4.78 is 2.27. The lowest BCUT2D eigenvalue weighted by atomic mass is 10.3. The van der Waals surface area contributed by atoms with Crippen molar-refractivity contribution in [3.63, 3.8) is 0 Å². The zero-order valence-electron chi connectivity index (χ0n) is 18.6. The summed E-state index contributed by atoms with van der Waals surface area (Å²) >= 11 is 6.91. The lowest BCUT2D eigenvalue weighted by molar-refractivity contribution is -0.116. The number of benzene rings is 1. The van der Waals surface area contributed by atoms with Crippen molar-refractivity contribution in [2.45, 2.75) is 72.2 Å². The van der Waals surface area contributed by atoms with Crippen LogP contribution in [0, 0.1) is 6.92 Å². The van der Waals surface area contributed by atoms with Crippen LogP contribution in [0.3, 0.4) is 0 Å². The Kier molecular flexibility index (Phi) is 9.13. The van der Waals surface area contributed by atoms with E-state index in [9.17, 15) is 4.79 Å². The van der Waals surface area contributed by atoms with Crippen molar-refractivity contribution in [1.29, 1.82) is 0 Å². The van der Waals surface area contributed by atoms with Gasteiger partial charge in [0.15, 0.2) is 4.34 Å². The number of nitrogens with zero attached hydrogens (tertiary/aromatic N) is 2. The number of nitrogens with one attached hydrogen (secondary N) is 1. The van der Waals surface area contributed by atoms with E-state index < -0.39 is 0 Å². The number of aromatic nitrogens is 2. The molecule has 0 saturated carbocycles. The molecule has 3 aromatic rings. The summed E-state index contributed by atoms with van der Waals surface area (Å²) in [6.07, 6.45) is 1.30. The van der Waals surface area contributed by atoms with Crippen LogP contribution in [0.25, 0.3) is 10.2 Å². The third kappa shape index (κ3) is 7.41. The molecule has 0 unspecified atom stereocenters. The van der Waals surface area contributed by atoms with E-state index in [4.69, 9.17) is 4.98 Å². The van der Waals surface area contributed by atoms with Crippen LogP contribution in [0.5, 0.6) is 0 Å². The quantitative estimate of drug-likeness (QED) is 0.234. The van der Waals surface area contributed by atoms with E-state index in [1.807, 2.05) is 25.1 Å². The molecule has 0 radical (unpaired) electrons. The van der Waals surface area contributed by atoms with E-state index in [0.717, 1.165) is 43.3 Å². The van der Waals surface area contributed by atoms with Crippen LogP contribution < -0.4 is 5.32 Å². The van der Waals surface area contributed by atoms with E-state index in [-0.39, 0.29) is 5.91 Å². The smallest absolute Gasteiger partial charge is 0.224 e. The van der Waals surface area contributed by atoms with Crippen LogP contribution in [-0.4, -0.2) is 32.1 Å². The molecule has 2 aromatic heterocycles. The Labute approximate surface area is 201 Å². The van der Waals surface area contributed by atoms with Gasteiger partial charge in [-0.15, -0.1) is 34.9 Å². The van der Waals surface area contributed by atoms with Gasteiger partial charge in [0.25, 0.3) is 0 Å². The molecule has 0 saturated heterocycles. The molecular weight excluding hydrogens is 463 g/mol. The third-order valence-electron chi connectivity index (χ3n) is 4.10. The molecular formula is C23H29N3OS4. The molecule has 0 aliphatic carbocycles. The molecule has 2 heterocycles. The number of hydrogen-bond acceptors (Lipinski definition) is 7. The number of pyridine rings is 1. The summed E-state index contributed by atoms with van der Waals surface area (Å²) in [6.45, 7) is 10.6. The number of anilines is 1. The average molecular weight is 492 g/mol. The van der Waals surface area contributed by atoms with Crippen molar-refractivity contribution in [3.05, 3.63) is 36.0 Å². The van der Waals surface area contributed by atoms with E-state index in [1.54, 1.807) is 46.6 Å². The van der Waals surface area contributed by atoms with E-state index in [2.05, 4.69) is 50.1 Å². The normalized spacial score (nSPS) is 11.6. The van der Waals surface area contributed by atoms with Gasteiger partial charge in [0, 0.05) is 33.3 Å². The first-order valence-electron chi connectivity index (χ1n) is 10.4. The molecule has 4 nitrogen and oxygen atoms in total. The Balaban J connectivity index is 1.60. The first-order chi connectivity index (χ1) is 14.8. The molecule has 0 aliphatic rings. The maximum atomic E-state index is 12.7. The summed E-state index contributed by atoms with van der Waals surface area (Å²) in [7, 11) is 0. The molecule has 166 valence electrons. The average Bonchev–Trinajstić information content (AvgIpc) is 3.10. The van der Waals surface area contributed by atoms with Crippen LogP contribution in [-0.2, 0) is 4.79 Å². The van der Waals surface area contributed by atoms with Crippen LogP contribution in [0.2, 0.25) is 0 Å².